The number of amides is 1. The van der Waals surface area contributed by atoms with Crippen LogP contribution in [0.15, 0.2) is 0 Å². The quantitative estimate of drug-likeness (QED) is 0.798. The van der Waals surface area contributed by atoms with E-state index in [1.165, 1.54) is 18.0 Å². The lowest BCUT2D eigenvalue weighted by atomic mass is 9.98. The number of carbonyl (C=O) groups excluding carboxylic acids is 1. The number of aromatic nitrogens is 1. The summed E-state index contributed by atoms with van der Waals surface area (Å²) < 4.78 is 4.13. The topological polar surface area (TPSA) is 80.0 Å². The number of nitrogens with zero attached hydrogens (tertiary/aromatic N) is 1. The van der Waals surface area contributed by atoms with Crippen LogP contribution in [-0.2, 0) is 0 Å². The van der Waals surface area contributed by atoms with Crippen molar-refractivity contribution in [1.29, 1.82) is 0 Å². The largest absolute Gasteiger partial charge is 0.382 e. The summed E-state index contributed by atoms with van der Waals surface area (Å²) in [7, 11) is 0. The van der Waals surface area contributed by atoms with E-state index in [1.54, 1.807) is 0 Å². The summed E-state index contributed by atoms with van der Waals surface area (Å²) in [4.78, 5) is 12.2. The Morgan fingerprint density at radius 3 is 2.65 bits per heavy atom. The van der Waals surface area contributed by atoms with E-state index in [9.17, 15) is 4.79 Å². The number of nitrogen functional groups attached to an aromatic ring is 1. The van der Waals surface area contributed by atoms with Crippen molar-refractivity contribution in [3.05, 3.63) is 5.56 Å². The van der Waals surface area contributed by atoms with Gasteiger partial charge in [0.05, 0.1) is 0 Å². The van der Waals surface area contributed by atoms with Crippen LogP contribution in [0.3, 0.4) is 0 Å². The molecule has 6 heteroatoms. The molecule has 1 heterocycles. The number of hydrogen-bond acceptors (Lipinski definition) is 5. The molecule has 0 radical (unpaired) electrons. The number of anilines is 2. The molecule has 3 unspecified atom stereocenters. The van der Waals surface area contributed by atoms with Gasteiger partial charge in [-0.3, -0.25) is 4.79 Å². The van der Waals surface area contributed by atoms with Gasteiger partial charge in [0.25, 0.3) is 5.91 Å². The first kappa shape index (κ1) is 15.1. The van der Waals surface area contributed by atoms with Crippen molar-refractivity contribution in [2.24, 2.45) is 11.8 Å². The Balaban J connectivity index is 2.15. The molecule has 112 valence electrons. The molecule has 1 amide bonds. The van der Waals surface area contributed by atoms with Crippen molar-refractivity contribution in [3.8, 4) is 0 Å². The van der Waals surface area contributed by atoms with Gasteiger partial charge in [-0.1, -0.05) is 13.8 Å². The zero-order valence-corrected chi connectivity index (χ0v) is 13.4. The van der Waals surface area contributed by atoms with Crippen LogP contribution in [0.2, 0.25) is 0 Å². The summed E-state index contributed by atoms with van der Waals surface area (Å²) in [5.74, 6) is 1.48. The van der Waals surface area contributed by atoms with Crippen molar-refractivity contribution < 1.29 is 4.79 Å². The van der Waals surface area contributed by atoms with E-state index in [1.807, 2.05) is 13.8 Å². The third-order valence-electron chi connectivity index (χ3n) is 4.15. The highest BCUT2D eigenvalue weighted by Gasteiger charge is 2.31. The summed E-state index contributed by atoms with van der Waals surface area (Å²) in [6.07, 6.45) is 2.35. The van der Waals surface area contributed by atoms with E-state index < -0.39 is 0 Å². The molecule has 5 nitrogen and oxygen atoms in total. The lowest BCUT2D eigenvalue weighted by Gasteiger charge is -2.20. The number of hydrogen-bond donors (Lipinski definition) is 3. The van der Waals surface area contributed by atoms with E-state index >= 15 is 0 Å². The van der Waals surface area contributed by atoms with Crippen LogP contribution >= 0.6 is 11.5 Å². The number of rotatable bonds is 4. The molecule has 3 atom stereocenters. The second-order valence-corrected chi connectivity index (χ2v) is 6.84. The van der Waals surface area contributed by atoms with Gasteiger partial charge in [0, 0.05) is 12.1 Å². The fraction of sp³-hybridized carbons (Fsp3) is 0.714. The molecular weight excluding hydrogens is 272 g/mol. The SMILES string of the molecule is CC(C)NC(=O)c1c(N)nsc1NC1CCC(C)C1C. The van der Waals surface area contributed by atoms with Crippen molar-refractivity contribution in [2.75, 3.05) is 11.1 Å². The molecule has 20 heavy (non-hydrogen) atoms. The normalized spacial score (nSPS) is 25.9. The maximum absolute atomic E-state index is 12.2. The van der Waals surface area contributed by atoms with Gasteiger partial charge in [-0.2, -0.15) is 4.37 Å². The molecule has 1 saturated carbocycles. The van der Waals surface area contributed by atoms with E-state index in [0.29, 0.717) is 29.3 Å². The average molecular weight is 296 g/mol. The van der Waals surface area contributed by atoms with Gasteiger partial charge in [0.15, 0.2) is 5.82 Å². The minimum Gasteiger partial charge on any atom is -0.382 e. The Hall–Kier alpha value is -1.30. The van der Waals surface area contributed by atoms with Gasteiger partial charge in [0.1, 0.15) is 10.6 Å². The van der Waals surface area contributed by atoms with Gasteiger partial charge in [-0.15, -0.1) is 0 Å². The van der Waals surface area contributed by atoms with Gasteiger partial charge in [-0.05, 0) is 50.1 Å². The highest BCUT2D eigenvalue weighted by atomic mass is 32.1. The second-order valence-electron chi connectivity index (χ2n) is 6.06. The Labute approximate surface area is 124 Å². The molecule has 0 saturated heterocycles. The number of carbonyl (C=O) groups is 1. The summed E-state index contributed by atoms with van der Waals surface area (Å²) in [6.45, 7) is 8.40. The van der Waals surface area contributed by atoms with Crippen LogP contribution in [0, 0.1) is 11.8 Å². The van der Waals surface area contributed by atoms with Crippen LogP contribution in [0.25, 0.3) is 0 Å². The fourth-order valence-corrected chi connectivity index (χ4v) is 3.47. The Morgan fingerprint density at radius 2 is 2.10 bits per heavy atom. The van der Waals surface area contributed by atoms with Crippen molar-refractivity contribution in [3.63, 3.8) is 0 Å². The predicted molar refractivity (Wildman–Crippen MR) is 84.1 cm³/mol. The minimum atomic E-state index is -0.146. The van der Waals surface area contributed by atoms with Crippen LogP contribution in [0.4, 0.5) is 10.8 Å². The smallest absolute Gasteiger partial charge is 0.258 e. The maximum Gasteiger partial charge on any atom is 0.258 e. The lowest BCUT2D eigenvalue weighted by molar-refractivity contribution is 0.0945. The molecule has 1 aliphatic carbocycles. The highest BCUT2D eigenvalue weighted by molar-refractivity contribution is 7.11. The van der Waals surface area contributed by atoms with E-state index in [0.717, 1.165) is 11.4 Å². The standard InChI is InChI=1S/C14H24N4OS/c1-7(2)16-13(19)11-12(15)18-20-14(11)17-10-6-5-8(3)9(10)4/h7-10,17H,5-6H2,1-4H3,(H2,15,18)(H,16,19). The van der Waals surface area contributed by atoms with E-state index in [4.69, 9.17) is 5.73 Å². The van der Waals surface area contributed by atoms with Gasteiger partial charge < -0.3 is 16.4 Å². The molecule has 0 spiro atoms. The zero-order chi connectivity index (χ0) is 14.9. The van der Waals surface area contributed by atoms with E-state index in [2.05, 4.69) is 28.9 Å². The number of nitrogens with two attached hydrogens (primary N) is 1. The molecule has 1 aromatic rings. The molecule has 0 aromatic carbocycles. The molecular formula is C14H24N4OS. The molecule has 2 rings (SSSR count). The second kappa shape index (κ2) is 5.99. The molecule has 1 fully saturated rings. The molecule has 4 N–H and O–H groups in total. The third kappa shape index (κ3) is 3.06. The van der Waals surface area contributed by atoms with Crippen LogP contribution in [0.5, 0.6) is 0 Å². The summed E-state index contributed by atoms with van der Waals surface area (Å²) >= 11 is 1.27. The Morgan fingerprint density at radius 1 is 1.40 bits per heavy atom. The Bertz CT molecular complexity index is 486. The summed E-state index contributed by atoms with van der Waals surface area (Å²) in [5, 5.41) is 7.16. The van der Waals surface area contributed by atoms with Crippen LogP contribution in [0.1, 0.15) is 50.9 Å². The van der Waals surface area contributed by atoms with E-state index in [-0.39, 0.29) is 11.9 Å². The zero-order valence-electron chi connectivity index (χ0n) is 12.6. The van der Waals surface area contributed by atoms with Gasteiger partial charge in [0.2, 0.25) is 0 Å². The highest BCUT2D eigenvalue weighted by Crippen LogP contribution is 2.36. The Kier molecular flexibility index (Phi) is 4.52. The first-order chi connectivity index (χ1) is 9.40. The first-order valence-corrected chi connectivity index (χ1v) is 8.00. The predicted octanol–water partition coefficient (Wildman–Crippen LogP) is 2.71. The van der Waals surface area contributed by atoms with Gasteiger partial charge in [-0.25, -0.2) is 0 Å². The molecule has 1 aromatic heterocycles. The van der Waals surface area contributed by atoms with Crippen molar-refractivity contribution in [1.82, 2.24) is 9.69 Å². The third-order valence-corrected chi connectivity index (χ3v) is 4.94. The summed E-state index contributed by atoms with van der Waals surface area (Å²) in [5.41, 5.74) is 6.35. The van der Waals surface area contributed by atoms with Gasteiger partial charge >= 0.3 is 0 Å². The monoisotopic (exact) mass is 296 g/mol. The summed E-state index contributed by atoms with van der Waals surface area (Å²) in [6, 6.07) is 0.482. The number of nitrogens with one attached hydrogen (secondary N) is 2. The average Bonchev–Trinajstić information content (AvgIpc) is 2.86. The van der Waals surface area contributed by atoms with Crippen molar-refractivity contribution in [2.45, 2.75) is 52.6 Å². The fourth-order valence-electron chi connectivity index (χ4n) is 2.69. The molecule has 0 bridgehead atoms. The first-order valence-electron chi connectivity index (χ1n) is 7.22. The molecule has 1 aliphatic rings. The van der Waals surface area contributed by atoms with Crippen LogP contribution < -0.4 is 16.4 Å². The van der Waals surface area contributed by atoms with Crippen molar-refractivity contribution >= 4 is 28.3 Å². The van der Waals surface area contributed by atoms with Crippen LogP contribution in [-0.4, -0.2) is 22.4 Å². The minimum absolute atomic E-state index is 0.0834. The molecule has 0 aliphatic heterocycles. The maximum atomic E-state index is 12.2. The lowest BCUT2D eigenvalue weighted by Crippen LogP contribution is -2.32.